The van der Waals surface area contributed by atoms with Gasteiger partial charge in [-0.15, -0.1) is 0 Å². The van der Waals surface area contributed by atoms with Gasteiger partial charge in [0.15, 0.2) is 9.84 Å². The Balaban J connectivity index is 2.10. The SMILES string of the molecule is CCOC(=O)[C@]1(CN)[C@H](c2ccc(F)cc2)[C@@H]1S(=O)(=O)c1ccc(Cl)cc1. The van der Waals surface area contributed by atoms with Crippen LogP contribution in [0, 0.1) is 11.2 Å². The van der Waals surface area contributed by atoms with Crippen LogP contribution in [0.2, 0.25) is 5.02 Å². The highest BCUT2D eigenvalue weighted by molar-refractivity contribution is 7.92. The van der Waals surface area contributed by atoms with E-state index in [9.17, 15) is 17.6 Å². The smallest absolute Gasteiger partial charge is 0.315 e. The number of nitrogens with two attached hydrogens (primary N) is 1. The summed E-state index contributed by atoms with van der Waals surface area (Å²) in [4.78, 5) is 12.7. The van der Waals surface area contributed by atoms with E-state index in [-0.39, 0.29) is 18.0 Å². The van der Waals surface area contributed by atoms with Gasteiger partial charge in [-0.1, -0.05) is 23.7 Å². The van der Waals surface area contributed by atoms with Crippen LogP contribution in [0.5, 0.6) is 0 Å². The fraction of sp³-hybridized carbons (Fsp3) is 0.316. The normalized spacial score (nSPS) is 24.4. The number of ether oxygens (including phenoxy) is 1. The molecule has 0 saturated heterocycles. The first-order chi connectivity index (χ1) is 12.8. The summed E-state index contributed by atoms with van der Waals surface area (Å²) in [6.07, 6.45) is 0. The molecule has 0 amide bonds. The number of sulfone groups is 1. The molecule has 0 spiro atoms. The van der Waals surface area contributed by atoms with Crippen LogP contribution in [0.15, 0.2) is 53.4 Å². The minimum absolute atomic E-state index is 0.0450. The predicted octanol–water partition coefficient (Wildman–Crippen LogP) is 2.93. The third-order valence-corrected chi connectivity index (χ3v) is 7.50. The largest absolute Gasteiger partial charge is 0.465 e. The summed E-state index contributed by atoms with van der Waals surface area (Å²) in [7, 11) is -3.91. The number of benzene rings is 2. The van der Waals surface area contributed by atoms with Crippen LogP contribution >= 0.6 is 11.6 Å². The fourth-order valence-corrected chi connectivity index (χ4v) is 6.12. The van der Waals surface area contributed by atoms with Crippen LogP contribution < -0.4 is 5.73 Å². The summed E-state index contributed by atoms with van der Waals surface area (Å²) in [5.74, 6) is -1.84. The van der Waals surface area contributed by atoms with Gasteiger partial charge in [-0.3, -0.25) is 4.79 Å². The molecule has 1 aliphatic rings. The molecule has 0 aliphatic heterocycles. The quantitative estimate of drug-likeness (QED) is 0.738. The van der Waals surface area contributed by atoms with Crippen LogP contribution in [0.1, 0.15) is 18.4 Å². The molecule has 0 radical (unpaired) electrons. The minimum Gasteiger partial charge on any atom is -0.465 e. The Morgan fingerprint density at radius 2 is 1.78 bits per heavy atom. The highest BCUT2D eigenvalue weighted by atomic mass is 35.5. The van der Waals surface area contributed by atoms with Crippen molar-refractivity contribution in [1.82, 2.24) is 0 Å². The summed E-state index contributed by atoms with van der Waals surface area (Å²) in [5.41, 5.74) is 5.00. The van der Waals surface area contributed by atoms with Gasteiger partial charge in [0, 0.05) is 17.5 Å². The Bertz CT molecular complexity index is 947. The van der Waals surface area contributed by atoms with Crippen molar-refractivity contribution in [2.24, 2.45) is 11.1 Å². The van der Waals surface area contributed by atoms with Crippen molar-refractivity contribution in [3.63, 3.8) is 0 Å². The lowest BCUT2D eigenvalue weighted by Crippen LogP contribution is -2.33. The van der Waals surface area contributed by atoms with Crippen molar-refractivity contribution in [2.45, 2.75) is 23.0 Å². The van der Waals surface area contributed by atoms with E-state index in [0.29, 0.717) is 10.6 Å². The molecule has 1 saturated carbocycles. The number of halogens is 2. The summed E-state index contributed by atoms with van der Waals surface area (Å²) < 4.78 is 45.0. The maximum Gasteiger partial charge on any atom is 0.315 e. The molecule has 2 N–H and O–H groups in total. The van der Waals surface area contributed by atoms with E-state index in [0.717, 1.165) is 0 Å². The van der Waals surface area contributed by atoms with Crippen LogP contribution in [0.4, 0.5) is 4.39 Å². The van der Waals surface area contributed by atoms with E-state index in [4.69, 9.17) is 22.1 Å². The first kappa shape index (κ1) is 19.8. The van der Waals surface area contributed by atoms with Gasteiger partial charge in [0.25, 0.3) is 0 Å². The molecule has 0 bridgehead atoms. The molecular weight excluding hydrogens is 393 g/mol. The molecule has 3 rings (SSSR count). The molecule has 3 atom stereocenters. The van der Waals surface area contributed by atoms with Crippen molar-refractivity contribution < 1.29 is 22.3 Å². The number of rotatable bonds is 6. The number of esters is 1. The van der Waals surface area contributed by atoms with Gasteiger partial charge < -0.3 is 10.5 Å². The lowest BCUT2D eigenvalue weighted by Gasteiger charge is -2.14. The molecule has 0 aromatic heterocycles. The molecule has 8 heteroatoms. The summed E-state index contributed by atoms with van der Waals surface area (Å²) in [5, 5.41) is -0.698. The van der Waals surface area contributed by atoms with E-state index in [1.165, 1.54) is 48.5 Å². The lowest BCUT2D eigenvalue weighted by molar-refractivity contribution is -0.149. The second kappa shape index (κ2) is 7.22. The van der Waals surface area contributed by atoms with Crippen molar-refractivity contribution in [3.8, 4) is 0 Å². The van der Waals surface area contributed by atoms with Crippen LogP contribution in [0.3, 0.4) is 0 Å². The van der Waals surface area contributed by atoms with Gasteiger partial charge in [0.05, 0.1) is 16.8 Å². The van der Waals surface area contributed by atoms with E-state index in [2.05, 4.69) is 0 Å². The molecule has 1 fully saturated rings. The zero-order valence-electron chi connectivity index (χ0n) is 14.6. The standard InChI is InChI=1S/C19H19ClFNO4S/c1-2-26-18(23)19(11-22)16(12-3-7-14(21)8-4-12)17(19)27(24,25)15-9-5-13(20)6-10-15/h3-10,16-17H,2,11,22H2,1H3/t16-,17+,19-/m1/s1. The van der Waals surface area contributed by atoms with Crippen LogP contribution in [-0.4, -0.2) is 32.8 Å². The van der Waals surface area contributed by atoms with Gasteiger partial charge >= 0.3 is 5.97 Å². The average Bonchev–Trinajstić information content (AvgIpc) is 3.34. The Kier molecular flexibility index (Phi) is 5.29. The Morgan fingerprint density at radius 1 is 1.19 bits per heavy atom. The van der Waals surface area contributed by atoms with E-state index < -0.39 is 38.2 Å². The van der Waals surface area contributed by atoms with Crippen molar-refractivity contribution in [1.29, 1.82) is 0 Å². The topological polar surface area (TPSA) is 86.5 Å². The van der Waals surface area contributed by atoms with Gasteiger partial charge in [0.1, 0.15) is 11.2 Å². The van der Waals surface area contributed by atoms with Crippen LogP contribution in [-0.2, 0) is 19.4 Å². The number of carbonyl (C=O) groups excluding carboxylic acids is 1. The fourth-order valence-electron chi connectivity index (χ4n) is 3.61. The molecule has 1 aliphatic carbocycles. The minimum atomic E-state index is -3.91. The van der Waals surface area contributed by atoms with E-state index >= 15 is 0 Å². The average molecular weight is 412 g/mol. The molecule has 2 aromatic carbocycles. The highest BCUT2D eigenvalue weighted by Crippen LogP contribution is 2.64. The second-order valence-electron chi connectivity index (χ2n) is 6.41. The molecule has 5 nitrogen and oxygen atoms in total. The monoisotopic (exact) mass is 411 g/mol. The summed E-state index contributed by atoms with van der Waals surface area (Å²) in [6.45, 7) is 1.54. The van der Waals surface area contributed by atoms with Crippen LogP contribution in [0.25, 0.3) is 0 Å². The highest BCUT2D eigenvalue weighted by Gasteiger charge is 2.75. The number of hydrogen-bond acceptors (Lipinski definition) is 5. The second-order valence-corrected chi connectivity index (χ2v) is 8.92. The van der Waals surface area contributed by atoms with E-state index in [1.807, 2.05) is 0 Å². The van der Waals surface area contributed by atoms with E-state index in [1.54, 1.807) is 6.92 Å². The Hall–Kier alpha value is -1.96. The predicted molar refractivity (Wildman–Crippen MR) is 99.7 cm³/mol. The number of hydrogen-bond donors (Lipinski definition) is 1. The zero-order valence-corrected chi connectivity index (χ0v) is 16.1. The Labute approximate surface area is 162 Å². The summed E-state index contributed by atoms with van der Waals surface area (Å²) >= 11 is 5.85. The maximum absolute atomic E-state index is 13.3. The molecule has 144 valence electrons. The number of carbonyl (C=O) groups is 1. The first-order valence-corrected chi connectivity index (χ1v) is 10.3. The molecular formula is C19H19ClFNO4S. The van der Waals surface area contributed by atoms with Crippen molar-refractivity contribution in [3.05, 3.63) is 64.9 Å². The van der Waals surface area contributed by atoms with Gasteiger partial charge in [0.2, 0.25) is 0 Å². The third kappa shape index (κ3) is 3.24. The maximum atomic E-state index is 13.3. The van der Waals surface area contributed by atoms with Crippen molar-refractivity contribution in [2.75, 3.05) is 13.2 Å². The third-order valence-electron chi connectivity index (χ3n) is 4.96. The van der Waals surface area contributed by atoms with Gasteiger partial charge in [-0.25, -0.2) is 12.8 Å². The molecule has 2 aromatic rings. The van der Waals surface area contributed by atoms with Crippen molar-refractivity contribution >= 4 is 27.4 Å². The van der Waals surface area contributed by atoms with Gasteiger partial charge in [-0.05, 0) is 48.9 Å². The van der Waals surface area contributed by atoms with Gasteiger partial charge in [-0.2, -0.15) is 0 Å². The zero-order chi connectivity index (χ0) is 19.8. The molecule has 0 unspecified atom stereocenters. The molecule has 0 heterocycles. The Morgan fingerprint density at radius 3 is 2.30 bits per heavy atom. The first-order valence-electron chi connectivity index (χ1n) is 8.41. The summed E-state index contributed by atoms with van der Waals surface area (Å²) in [6, 6.07) is 11.1. The lowest BCUT2D eigenvalue weighted by atomic mass is 9.99. The molecule has 27 heavy (non-hydrogen) atoms.